The highest BCUT2D eigenvalue weighted by Crippen LogP contribution is 2.35. The molecule has 5 rings (SSSR count). The van der Waals surface area contributed by atoms with Gasteiger partial charge in [0.25, 0.3) is 10.0 Å². The van der Waals surface area contributed by atoms with Gasteiger partial charge in [0.05, 0.1) is 10.4 Å². The Morgan fingerprint density at radius 1 is 0.974 bits per heavy atom. The van der Waals surface area contributed by atoms with E-state index in [9.17, 15) is 8.42 Å². The topological polar surface area (TPSA) is 94.3 Å². The Balaban J connectivity index is 1.42. The molecule has 194 valence electrons. The molecule has 7 nitrogen and oxygen atoms in total. The monoisotopic (exact) mass is 547 g/mol. The molecular weight excluding hydrogens is 522 g/mol. The molecule has 1 N–H and O–H groups in total. The predicted octanol–water partition coefficient (Wildman–Crippen LogP) is 7.10. The molecule has 9 heteroatoms. The first-order chi connectivity index (χ1) is 18.3. The first kappa shape index (κ1) is 25.8. The summed E-state index contributed by atoms with van der Waals surface area (Å²) < 4.78 is 40.4. The van der Waals surface area contributed by atoms with Crippen LogP contribution in [0.3, 0.4) is 0 Å². The molecule has 0 amide bonds. The summed E-state index contributed by atoms with van der Waals surface area (Å²) in [6.45, 7) is 5.81. The Labute approximate surface area is 226 Å². The van der Waals surface area contributed by atoms with Crippen molar-refractivity contribution in [1.29, 1.82) is 0 Å². The fourth-order valence-corrected chi connectivity index (χ4v) is 5.73. The minimum absolute atomic E-state index is 0.0845. The lowest BCUT2D eigenvalue weighted by atomic mass is 10.0. The van der Waals surface area contributed by atoms with Crippen LogP contribution < -0.4 is 9.46 Å². The van der Waals surface area contributed by atoms with Crippen LogP contribution in [-0.2, 0) is 23.1 Å². The van der Waals surface area contributed by atoms with Gasteiger partial charge in [-0.2, -0.15) is 0 Å². The maximum Gasteiger partial charge on any atom is 0.263 e. The summed E-state index contributed by atoms with van der Waals surface area (Å²) in [6.07, 6.45) is 0.800. The van der Waals surface area contributed by atoms with Gasteiger partial charge >= 0.3 is 0 Å². The molecule has 0 aliphatic heterocycles. The number of aryl methyl sites for hydroxylation is 2. The Morgan fingerprint density at radius 2 is 1.74 bits per heavy atom. The molecule has 0 bridgehead atoms. The van der Waals surface area contributed by atoms with Gasteiger partial charge in [0, 0.05) is 38.9 Å². The number of pyridine rings is 1. The zero-order chi connectivity index (χ0) is 26.9. The van der Waals surface area contributed by atoms with Gasteiger partial charge in [-0.1, -0.05) is 66.1 Å². The SMILES string of the molecule is CCc1cc(OCc2ccc(-c3ccccc3S(=O)(=O)Nc3noc(C)c3C)c(Cl)c2)c2ccccc2n1. The number of hydrogen-bond donors (Lipinski definition) is 1. The smallest absolute Gasteiger partial charge is 0.263 e. The number of aromatic nitrogens is 2. The summed E-state index contributed by atoms with van der Waals surface area (Å²) >= 11 is 6.69. The highest BCUT2D eigenvalue weighted by molar-refractivity contribution is 7.92. The summed E-state index contributed by atoms with van der Waals surface area (Å²) in [7, 11) is -3.96. The summed E-state index contributed by atoms with van der Waals surface area (Å²) in [4.78, 5) is 4.75. The van der Waals surface area contributed by atoms with E-state index in [1.54, 1.807) is 38.1 Å². The van der Waals surface area contributed by atoms with E-state index in [0.29, 0.717) is 34.1 Å². The van der Waals surface area contributed by atoms with Crippen LogP contribution in [0.15, 0.2) is 82.2 Å². The first-order valence-corrected chi connectivity index (χ1v) is 14.0. The zero-order valence-corrected chi connectivity index (χ0v) is 22.7. The fraction of sp³-hybridized carbons (Fsp3) is 0.172. The number of nitrogens with one attached hydrogen (secondary N) is 1. The van der Waals surface area contributed by atoms with Gasteiger partial charge in [-0.15, -0.1) is 0 Å². The fourth-order valence-electron chi connectivity index (χ4n) is 4.14. The molecule has 2 heterocycles. The van der Waals surface area contributed by atoms with Gasteiger partial charge < -0.3 is 9.26 Å². The second-order valence-electron chi connectivity index (χ2n) is 8.90. The number of anilines is 1. The van der Waals surface area contributed by atoms with Crippen LogP contribution in [0, 0.1) is 13.8 Å². The number of ether oxygens (including phenoxy) is 1. The van der Waals surface area contributed by atoms with Crippen LogP contribution in [0.25, 0.3) is 22.0 Å². The van der Waals surface area contributed by atoms with Gasteiger partial charge in [0.1, 0.15) is 18.1 Å². The largest absolute Gasteiger partial charge is 0.488 e. The highest BCUT2D eigenvalue weighted by atomic mass is 35.5. The lowest BCUT2D eigenvalue weighted by Gasteiger charge is -2.14. The van der Waals surface area contributed by atoms with Crippen molar-refractivity contribution in [2.75, 3.05) is 4.72 Å². The zero-order valence-electron chi connectivity index (χ0n) is 21.2. The van der Waals surface area contributed by atoms with Crippen molar-refractivity contribution in [2.45, 2.75) is 38.7 Å². The van der Waals surface area contributed by atoms with E-state index in [1.165, 1.54) is 6.07 Å². The third-order valence-electron chi connectivity index (χ3n) is 6.38. The quantitative estimate of drug-likeness (QED) is 0.222. The van der Waals surface area contributed by atoms with E-state index in [0.717, 1.165) is 34.3 Å². The van der Waals surface area contributed by atoms with Gasteiger partial charge in [-0.3, -0.25) is 9.71 Å². The molecule has 0 aliphatic carbocycles. The number of para-hydroxylation sites is 1. The van der Waals surface area contributed by atoms with Crippen molar-refractivity contribution in [2.24, 2.45) is 0 Å². The van der Waals surface area contributed by atoms with Crippen LogP contribution in [0.4, 0.5) is 5.82 Å². The maximum atomic E-state index is 13.3. The van der Waals surface area contributed by atoms with Crippen molar-refractivity contribution in [1.82, 2.24) is 10.1 Å². The molecule has 3 aromatic carbocycles. The number of hydrogen-bond acceptors (Lipinski definition) is 6. The standard InChI is InChI=1S/C29H26ClN3O4S/c1-4-21-16-27(24-10-5-7-11-26(24)31-21)36-17-20-13-14-22(25(30)15-20)23-9-6-8-12-28(23)38(34,35)33-29-18(2)19(3)37-32-29/h5-16H,4,17H2,1-3H3,(H,32,33). The van der Waals surface area contributed by atoms with Gasteiger partial charge in [-0.25, -0.2) is 8.42 Å². The second kappa shape index (κ2) is 10.5. The van der Waals surface area contributed by atoms with Crippen LogP contribution in [0.2, 0.25) is 5.02 Å². The number of halogens is 1. The van der Waals surface area contributed by atoms with E-state index in [4.69, 9.17) is 20.9 Å². The lowest BCUT2D eigenvalue weighted by molar-refractivity contribution is 0.309. The minimum atomic E-state index is -3.96. The average Bonchev–Trinajstić information content (AvgIpc) is 3.23. The number of nitrogens with zero attached hydrogens (tertiary/aromatic N) is 2. The first-order valence-electron chi connectivity index (χ1n) is 12.1. The van der Waals surface area contributed by atoms with Crippen LogP contribution in [0.1, 0.15) is 29.5 Å². The molecule has 2 aromatic heterocycles. The normalized spacial score (nSPS) is 11.6. The third-order valence-corrected chi connectivity index (χ3v) is 8.09. The van der Waals surface area contributed by atoms with Crippen molar-refractivity contribution in [3.8, 4) is 16.9 Å². The molecule has 0 saturated heterocycles. The molecule has 0 unspecified atom stereocenters. The molecule has 0 radical (unpaired) electrons. The Morgan fingerprint density at radius 3 is 2.47 bits per heavy atom. The molecule has 5 aromatic rings. The number of rotatable bonds is 8. The van der Waals surface area contributed by atoms with Crippen molar-refractivity contribution in [3.05, 3.63) is 100 Å². The number of benzene rings is 3. The van der Waals surface area contributed by atoms with E-state index in [-0.39, 0.29) is 10.7 Å². The van der Waals surface area contributed by atoms with Crippen LogP contribution >= 0.6 is 11.6 Å². The minimum Gasteiger partial charge on any atom is -0.488 e. The Kier molecular flexibility index (Phi) is 7.10. The molecule has 0 atom stereocenters. The predicted molar refractivity (Wildman–Crippen MR) is 149 cm³/mol. The summed E-state index contributed by atoms with van der Waals surface area (Å²) in [5, 5.41) is 5.18. The molecule has 38 heavy (non-hydrogen) atoms. The third kappa shape index (κ3) is 5.10. The van der Waals surface area contributed by atoms with Crippen LogP contribution in [-0.4, -0.2) is 18.6 Å². The molecule has 0 aliphatic rings. The molecule has 0 fully saturated rings. The van der Waals surface area contributed by atoms with Gasteiger partial charge in [0.2, 0.25) is 0 Å². The highest BCUT2D eigenvalue weighted by Gasteiger charge is 2.23. The van der Waals surface area contributed by atoms with Crippen LogP contribution in [0.5, 0.6) is 5.75 Å². The molecule has 0 saturated carbocycles. The number of fused-ring (bicyclic) bond motifs is 1. The Hall–Kier alpha value is -3.88. The average molecular weight is 548 g/mol. The lowest BCUT2D eigenvalue weighted by Crippen LogP contribution is -2.15. The molecule has 0 spiro atoms. The van der Waals surface area contributed by atoms with E-state index in [2.05, 4.69) is 21.8 Å². The summed E-state index contributed by atoms with van der Waals surface area (Å²) in [5.41, 5.74) is 4.38. The van der Waals surface area contributed by atoms with Crippen molar-refractivity contribution < 1.29 is 17.7 Å². The summed E-state index contributed by atoms with van der Waals surface area (Å²) in [6, 6.07) is 22.0. The number of sulfonamides is 1. The van der Waals surface area contributed by atoms with E-state index >= 15 is 0 Å². The maximum absolute atomic E-state index is 13.3. The summed E-state index contributed by atoms with van der Waals surface area (Å²) in [5.74, 6) is 1.46. The van der Waals surface area contributed by atoms with Crippen molar-refractivity contribution >= 4 is 38.3 Å². The Bertz CT molecular complexity index is 1750. The van der Waals surface area contributed by atoms with Gasteiger partial charge in [-0.05, 0) is 50.1 Å². The van der Waals surface area contributed by atoms with Gasteiger partial charge in [0.15, 0.2) is 5.82 Å². The second-order valence-corrected chi connectivity index (χ2v) is 11.0. The van der Waals surface area contributed by atoms with E-state index in [1.807, 2.05) is 42.5 Å². The van der Waals surface area contributed by atoms with Crippen molar-refractivity contribution in [3.63, 3.8) is 0 Å². The molecular formula is C29H26ClN3O4S. The van der Waals surface area contributed by atoms with E-state index < -0.39 is 10.0 Å².